The van der Waals surface area contributed by atoms with Gasteiger partial charge >= 0.3 is 6.36 Å². The maximum absolute atomic E-state index is 13.3. The molecule has 0 fully saturated rings. The molecule has 0 bridgehead atoms. The van der Waals surface area contributed by atoms with Crippen LogP contribution in [0.3, 0.4) is 0 Å². The number of alkyl halides is 3. The Morgan fingerprint density at radius 1 is 1.03 bits per heavy atom. The van der Waals surface area contributed by atoms with E-state index in [0.29, 0.717) is 16.9 Å². The van der Waals surface area contributed by atoms with Gasteiger partial charge in [0.25, 0.3) is 0 Å². The van der Waals surface area contributed by atoms with Crippen LogP contribution in [0, 0.1) is 16.7 Å². The minimum absolute atomic E-state index is 0.0411. The summed E-state index contributed by atoms with van der Waals surface area (Å²) in [6.45, 7) is 11.2. The molecule has 2 aromatic rings. The zero-order valence-electron chi connectivity index (χ0n) is 21.9. The van der Waals surface area contributed by atoms with Crippen molar-refractivity contribution in [2.45, 2.75) is 66.9 Å². The lowest BCUT2D eigenvalue weighted by molar-refractivity contribution is -0.274. The molecule has 0 radical (unpaired) electrons. The van der Waals surface area contributed by atoms with Gasteiger partial charge in [-0.3, -0.25) is 0 Å². The Morgan fingerprint density at radius 3 is 2.35 bits per heavy atom. The zero-order valence-corrected chi connectivity index (χ0v) is 21.9. The Bertz CT molecular complexity index is 1240. The number of rotatable bonds is 6. The maximum Gasteiger partial charge on any atom is 0.573 e. The lowest BCUT2D eigenvalue weighted by atomic mass is 9.59. The predicted molar refractivity (Wildman–Crippen MR) is 139 cm³/mol. The molecule has 0 saturated carbocycles. The maximum atomic E-state index is 13.3. The molecule has 1 unspecified atom stereocenters. The second-order valence-corrected chi connectivity index (χ2v) is 11.3. The number of allylic oxidation sites excluding steroid dienone is 4. The number of hydrogen-bond donors (Lipinski definition) is 1. The van der Waals surface area contributed by atoms with Crippen molar-refractivity contribution >= 4 is 11.8 Å². The summed E-state index contributed by atoms with van der Waals surface area (Å²) in [6, 6.07) is 11.7. The molecular weight excluding hydrogens is 479 g/mol. The van der Waals surface area contributed by atoms with Crippen molar-refractivity contribution in [3.8, 4) is 11.5 Å². The average molecular weight is 514 g/mol. The third-order valence-corrected chi connectivity index (χ3v) is 7.66. The van der Waals surface area contributed by atoms with Gasteiger partial charge in [0.05, 0.1) is 6.21 Å². The van der Waals surface area contributed by atoms with Crippen molar-refractivity contribution < 1.29 is 27.9 Å². The largest absolute Gasteiger partial charge is 0.573 e. The highest BCUT2D eigenvalue weighted by Crippen LogP contribution is 2.55. The predicted octanol–water partition coefficient (Wildman–Crippen LogP) is 8.54. The van der Waals surface area contributed by atoms with Crippen molar-refractivity contribution in [3.63, 3.8) is 0 Å². The van der Waals surface area contributed by atoms with Crippen LogP contribution in [-0.4, -0.2) is 17.8 Å². The molecule has 4 rings (SSSR count). The van der Waals surface area contributed by atoms with Crippen molar-refractivity contribution in [2.24, 2.45) is 21.9 Å². The number of benzene rings is 2. The second kappa shape index (κ2) is 9.92. The van der Waals surface area contributed by atoms with Crippen LogP contribution in [0.4, 0.5) is 13.2 Å². The first-order valence-corrected chi connectivity index (χ1v) is 12.5. The van der Waals surface area contributed by atoms with E-state index in [1.165, 1.54) is 23.4 Å². The van der Waals surface area contributed by atoms with E-state index in [-0.39, 0.29) is 29.1 Å². The molecule has 0 amide bonds. The van der Waals surface area contributed by atoms with Gasteiger partial charge in [-0.05, 0) is 94.7 Å². The van der Waals surface area contributed by atoms with E-state index in [1.807, 2.05) is 0 Å². The van der Waals surface area contributed by atoms with E-state index in [9.17, 15) is 13.2 Å². The Morgan fingerprint density at radius 2 is 1.70 bits per heavy atom. The number of hydrogen-bond acceptors (Lipinski definition) is 4. The minimum atomic E-state index is -4.79. The first-order chi connectivity index (χ1) is 17.3. The lowest BCUT2D eigenvalue weighted by Gasteiger charge is -2.46. The molecule has 0 heterocycles. The van der Waals surface area contributed by atoms with Gasteiger partial charge in [0.2, 0.25) is 0 Å². The molecule has 1 N–H and O–H groups in total. The Hall–Kier alpha value is -3.22. The fourth-order valence-corrected chi connectivity index (χ4v) is 5.40. The molecule has 37 heavy (non-hydrogen) atoms. The molecule has 0 saturated heterocycles. The summed E-state index contributed by atoms with van der Waals surface area (Å²) in [5.41, 5.74) is 5.43. The van der Waals surface area contributed by atoms with Gasteiger partial charge in [-0.1, -0.05) is 57.5 Å². The van der Waals surface area contributed by atoms with Gasteiger partial charge in [0.1, 0.15) is 18.1 Å². The molecule has 4 nitrogen and oxygen atoms in total. The highest BCUT2D eigenvalue weighted by molar-refractivity contribution is 5.79. The van der Waals surface area contributed by atoms with Crippen LogP contribution >= 0.6 is 0 Å². The monoisotopic (exact) mass is 513 g/mol. The highest BCUT2D eigenvalue weighted by atomic mass is 19.4. The highest BCUT2D eigenvalue weighted by Gasteiger charge is 2.41. The molecule has 2 aliphatic rings. The second-order valence-electron chi connectivity index (χ2n) is 11.3. The van der Waals surface area contributed by atoms with Crippen LogP contribution in [0.2, 0.25) is 0 Å². The summed E-state index contributed by atoms with van der Waals surface area (Å²) in [7, 11) is 0. The first-order valence-electron chi connectivity index (χ1n) is 12.5. The van der Waals surface area contributed by atoms with E-state index in [0.717, 1.165) is 30.4 Å². The molecule has 0 spiro atoms. The molecule has 0 aromatic heterocycles. The summed E-state index contributed by atoms with van der Waals surface area (Å²) < 4.78 is 50.4. The summed E-state index contributed by atoms with van der Waals surface area (Å²) in [4.78, 5) is 0. The normalized spacial score (nSPS) is 21.0. The quantitative estimate of drug-likeness (QED) is 0.239. The van der Waals surface area contributed by atoms with Crippen LogP contribution in [-0.2, 0) is 6.61 Å². The molecule has 0 aliphatic heterocycles. The number of ether oxygens (including phenoxy) is 2. The van der Waals surface area contributed by atoms with E-state index < -0.39 is 6.36 Å². The summed E-state index contributed by atoms with van der Waals surface area (Å²) in [5, 5.41) is 11.7. The van der Waals surface area contributed by atoms with E-state index in [1.54, 1.807) is 36.4 Å². The average Bonchev–Trinajstić information content (AvgIpc) is 2.81. The van der Waals surface area contributed by atoms with Crippen molar-refractivity contribution in [3.05, 3.63) is 76.4 Å². The van der Waals surface area contributed by atoms with Crippen molar-refractivity contribution in [1.82, 2.24) is 0 Å². The first kappa shape index (κ1) is 26.8. The summed E-state index contributed by atoms with van der Waals surface area (Å²) in [5.74, 6) is 0.442. The van der Waals surface area contributed by atoms with Gasteiger partial charge in [-0.2, -0.15) is 0 Å². The Labute approximate surface area is 216 Å². The van der Waals surface area contributed by atoms with Gasteiger partial charge in [0.15, 0.2) is 0 Å². The van der Waals surface area contributed by atoms with Crippen LogP contribution in [0.15, 0.2) is 64.8 Å². The molecule has 2 aliphatic carbocycles. The molecule has 1 atom stereocenters. The van der Waals surface area contributed by atoms with Crippen molar-refractivity contribution in [2.75, 3.05) is 0 Å². The topological polar surface area (TPSA) is 51.0 Å². The SMILES string of the molecule is CC1CC2=C(C=C1c1cc(COc3ccc(/C=N/O)cc3)ccc1OC(F)(F)F)C(C)(C)CCC2(C)C. The summed E-state index contributed by atoms with van der Waals surface area (Å²) in [6.07, 6.45) is 1.57. The minimum Gasteiger partial charge on any atom is -0.489 e. The number of halogens is 3. The fourth-order valence-electron chi connectivity index (χ4n) is 5.40. The molecule has 2 aromatic carbocycles. The molecule has 7 heteroatoms. The van der Waals surface area contributed by atoms with Gasteiger partial charge < -0.3 is 14.7 Å². The zero-order chi connectivity index (χ0) is 27.0. The number of oxime groups is 1. The fraction of sp³-hybridized carbons (Fsp3) is 0.433. The molecular formula is C30H34F3NO3. The van der Waals surface area contributed by atoms with Crippen LogP contribution in [0.25, 0.3) is 5.57 Å². The Kier molecular flexibility index (Phi) is 7.19. The molecule has 198 valence electrons. The smallest absolute Gasteiger partial charge is 0.489 e. The van der Waals surface area contributed by atoms with E-state index >= 15 is 0 Å². The van der Waals surface area contributed by atoms with Crippen LogP contribution in [0.1, 0.15) is 70.6 Å². The van der Waals surface area contributed by atoms with Crippen molar-refractivity contribution in [1.29, 1.82) is 0 Å². The number of nitrogens with zero attached hydrogens (tertiary/aromatic N) is 1. The van der Waals surface area contributed by atoms with Crippen LogP contribution < -0.4 is 9.47 Å². The van der Waals surface area contributed by atoms with Gasteiger partial charge in [-0.25, -0.2) is 0 Å². The van der Waals surface area contributed by atoms with E-state index in [4.69, 9.17) is 9.94 Å². The lowest BCUT2D eigenvalue weighted by Crippen LogP contribution is -2.33. The van der Waals surface area contributed by atoms with Gasteiger partial charge in [0, 0.05) is 5.56 Å². The Balaban J connectivity index is 1.71. The van der Waals surface area contributed by atoms with Gasteiger partial charge in [-0.15, -0.1) is 13.2 Å². The summed E-state index contributed by atoms with van der Waals surface area (Å²) >= 11 is 0. The standard InChI is InChI=1S/C30H34F3NO3/c1-19-14-25-26(29(4,5)13-12-28(25,2)3)16-23(19)24-15-21(8-11-27(24)37-30(31,32)33)18-36-22-9-6-20(7-10-22)17-34-35/h6-11,15-17,19,35H,12-14,18H2,1-5H3/b34-17+. The van der Waals surface area contributed by atoms with Crippen LogP contribution in [0.5, 0.6) is 11.5 Å². The van der Waals surface area contributed by atoms with E-state index in [2.05, 4.69) is 50.6 Å². The third-order valence-electron chi connectivity index (χ3n) is 7.66. The third kappa shape index (κ3) is 6.03.